The quantitative estimate of drug-likeness (QED) is 0.252. The molecule has 12 heteroatoms. The highest BCUT2D eigenvalue weighted by molar-refractivity contribution is 7.99. The zero-order valence-corrected chi connectivity index (χ0v) is 22.4. The molecule has 4 heterocycles. The van der Waals surface area contributed by atoms with Crippen molar-refractivity contribution in [3.05, 3.63) is 37.8 Å². The normalized spacial score (nSPS) is 14.4. The number of thioether (sulfide) groups is 1. The predicted octanol–water partition coefficient (Wildman–Crippen LogP) is 3.38. The lowest BCUT2D eigenvalue weighted by molar-refractivity contribution is -0.113. The Labute approximate surface area is 215 Å². The molecule has 0 radical (unpaired) electrons. The number of hydrogen-bond acceptors (Lipinski definition) is 10. The van der Waals surface area contributed by atoms with Crippen LogP contribution in [0.2, 0.25) is 0 Å². The van der Waals surface area contributed by atoms with E-state index in [1.54, 1.807) is 16.0 Å². The molecule has 1 N–H and O–H groups in total. The highest BCUT2D eigenvalue weighted by atomic mass is 32.2. The topological polar surface area (TPSA) is 103 Å². The molecule has 0 aromatic carbocycles. The number of morpholine rings is 1. The summed E-state index contributed by atoms with van der Waals surface area (Å²) in [5.74, 6) is -0.724. The largest absolute Gasteiger partial charge is 0.465 e. The number of esters is 1. The Balaban J connectivity index is 1.50. The Bertz CT molecular complexity index is 1280. The van der Waals surface area contributed by atoms with E-state index in [9.17, 15) is 14.4 Å². The fourth-order valence-electron chi connectivity index (χ4n) is 3.86. The zero-order chi connectivity index (χ0) is 24.9. The number of nitrogens with one attached hydrogen (secondary N) is 1. The van der Waals surface area contributed by atoms with Crippen LogP contribution in [0.1, 0.15) is 27.2 Å². The van der Waals surface area contributed by atoms with E-state index < -0.39 is 5.97 Å². The number of methoxy groups -OCH3 is 1. The summed E-state index contributed by atoms with van der Waals surface area (Å²) in [6.45, 7) is 8.60. The number of carbonyl (C=O) groups excluding carboxylic acids is 2. The maximum Gasteiger partial charge on any atom is 0.340 e. The van der Waals surface area contributed by atoms with Crippen LogP contribution in [0.3, 0.4) is 0 Å². The van der Waals surface area contributed by atoms with Crippen molar-refractivity contribution >= 4 is 61.5 Å². The first-order chi connectivity index (χ1) is 16.9. The molecule has 3 aromatic heterocycles. The summed E-state index contributed by atoms with van der Waals surface area (Å²) in [6.07, 6.45) is 0.798. The van der Waals surface area contributed by atoms with Gasteiger partial charge in [-0.2, -0.15) is 0 Å². The van der Waals surface area contributed by atoms with E-state index in [0.717, 1.165) is 49.7 Å². The molecule has 0 aliphatic carbocycles. The number of aromatic nitrogens is 2. The molecular formula is C23H28N4O5S3. The fourth-order valence-corrected chi connectivity index (χ4v) is 6.55. The maximum atomic E-state index is 13.5. The van der Waals surface area contributed by atoms with Gasteiger partial charge in [-0.25, -0.2) is 9.78 Å². The van der Waals surface area contributed by atoms with Gasteiger partial charge in [0.2, 0.25) is 5.91 Å². The van der Waals surface area contributed by atoms with E-state index in [4.69, 9.17) is 14.5 Å². The van der Waals surface area contributed by atoms with Gasteiger partial charge in [-0.05, 0) is 37.3 Å². The van der Waals surface area contributed by atoms with Crippen molar-refractivity contribution < 1.29 is 19.1 Å². The highest BCUT2D eigenvalue weighted by Gasteiger charge is 2.20. The molecule has 3 aromatic rings. The lowest BCUT2D eigenvalue weighted by Gasteiger charge is -2.26. The van der Waals surface area contributed by atoms with Crippen molar-refractivity contribution in [3.8, 4) is 0 Å². The number of carbonyl (C=O) groups is 2. The monoisotopic (exact) mass is 536 g/mol. The SMILES string of the molecule is COC(=O)c1ccsc1NC(=O)CSc1nc2sc(C)c(C)c2c(=O)n1CCCN1CCOCC1. The predicted molar refractivity (Wildman–Crippen MR) is 140 cm³/mol. The first-order valence-corrected chi connectivity index (χ1v) is 14.0. The van der Waals surface area contributed by atoms with Crippen molar-refractivity contribution in [2.24, 2.45) is 0 Å². The number of amides is 1. The molecule has 0 bridgehead atoms. The fraction of sp³-hybridized carbons (Fsp3) is 0.478. The molecule has 4 rings (SSSR count). The van der Waals surface area contributed by atoms with Crippen LogP contribution in [0.5, 0.6) is 0 Å². The van der Waals surface area contributed by atoms with Gasteiger partial charge in [0.15, 0.2) is 5.16 Å². The molecule has 0 spiro atoms. The van der Waals surface area contributed by atoms with E-state index in [1.807, 2.05) is 13.8 Å². The summed E-state index contributed by atoms with van der Waals surface area (Å²) in [4.78, 5) is 46.9. The zero-order valence-electron chi connectivity index (χ0n) is 19.9. The first-order valence-electron chi connectivity index (χ1n) is 11.3. The van der Waals surface area contributed by atoms with Crippen molar-refractivity contribution in [2.45, 2.75) is 32.0 Å². The third-order valence-corrected chi connectivity index (χ3v) is 8.78. The van der Waals surface area contributed by atoms with Crippen LogP contribution in [-0.4, -0.2) is 72.0 Å². The third-order valence-electron chi connectivity index (χ3n) is 5.87. The summed E-state index contributed by atoms with van der Waals surface area (Å²) < 4.78 is 11.9. The summed E-state index contributed by atoms with van der Waals surface area (Å²) in [5.41, 5.74) is 1.22. The minimum Gasteiger partial charge on any atom is -0.465 e. The minimum atomic E-state index is -0.501. The van der Waals surface area contributed by atoms with Gasteiger partial charge in [-0.15, -0.1) is 22.7 Å². The molecule has 1 saturated heterocycles. The smallest absolute Gasteiger partial charge is 0.340 e. The van der Waals surface area contributed by atoms with Crippen molar-refractivity contribution in [2.75, 3.05) is 51.0 Å². The summed E-state index contributed by atoms with van der Waals surface area (Å²) in [6, 6.07) is 1.61. The van der Waals surface area contributed by atoms with Crippen LogP contribution in [0.4, 0.5) is 5.00 Å². The van der Waals surface area contributed by atoms with Gasteiger partial charge in [0.25, 0.3) is 5.56 Å². The van der Waals surface area contributed by atoms with Gasteiger partial charge in [-0.3, -0.25) is 19.1 Å². The average molecular weight is 537 g/mol. The molecule has 1 aliphatic heterocycles. The highest BCUT2D eigenvalue weighted by Crippen LogP contribution is 2.29. The van der Waals surface area contributed by atoms with Crippen LogP contribution >= 0.6 is 34.4 Å². The molecule has 0 atom stereocenters. The standard InChI is InChI=1S/C23H28N4O5S3/c1-14-15(2)35-20-18(14)21(29)27(7-4-6-26-8-10-32-11-9-26)23(25-20)34-13-17(28)24-19-16(5-12-33-19)22(30)31-3/h5,12H,4,6-11,13H2,1-3H3,(H,24,28). The van der Waals surface area contributed by atoms with Crippen LogP contribution in [-0.2, 0) is 20.8 Å². The number of rotatable bonds is 9. The van der Waals surface area contributed by atoms with Crippen molar-refractivity contribution in [3.63, 3.8) is 0 Å². The number of ether oxygens (including phenoxy) is 2. The second kappa shape index (κ2) is 11.7. The lowest BCUT2D eigenvalue weighted by atomic mass is 10.2. The third kappa shape index (κ3) is 5.95. The van der Waals surface area contributed by atoms with Crippen LogP contribution in [0, 0.1) is 13.8 Å². The lowest BCUT2D eigenvalue weighted by Crippen LogP contribution is -2.37. The van der Waals surface area contributed by atoms with Gasteiger partial charge in [0.1, 0.15) is 9.83 Å². The molecule has 35 heavy (non-hydrogen) atoms. The minimum absolute atomic E-state index is 0.0588. The van der Waals surface area contributed by atoms with E-state index in [1.165, 1.54) is 41.5 Å². The van der Waals surface area contributed by atoms with E-state index >= 15 is 0 Å². The molecule has 188 valence electrons. The van der Waals surface area contributed by atoms with Crippen LogP contribution < -0.4 is 10.9 Å². The van der Waals surface area contributed by atoms with Gasteiger partial charge in [0.05, 0.1) is 37.0 Å². The van der Waals surface area contributed by atoms with E-state index in [2.05, 4.69) is 10.2 Å². The first kappa shape index (κ1) is 25.8. The van der Waals surface area contributed by atoms with Crippen molar-refractivity contribution in [1.82, 2.24) is 14.5 Å². The molecule has 0 saturated carbocycles. The second-order valence-corrected chi connectivity index (χ2v) is 11.2. The Hall–Kier alpha value is -2.25. The molecule has 0 unspecified atom stereocenters. The summed E-state index contributed by atoms with van der Waals surface area (Å²) >= 11 is 3.98. The van der Waals surface area contributed by atoms with Crippen LogP contribution in [0.25, 0.3) is 10.2 Å². The van der Waals surface area contributed by atoms with Gasteiger partial charge >= 0.3 is 5.97 Å². The molecule has 1 fully saturated rings. The maximum absolute atomic E-state index is 13.5. The van der Waals surface area contributed by atoms with E-state index in [0.29, 0.717) is 32.5 Å². The molecular weight excluding hydrogens is 508 g/mol. The summed E-state index contributed by atoms with van der Waals surface area (Å²) in [7, 11) is 1.30. The molecule has 1 amide bonds. The average Bonchev–Trinajstić information content (AvgIpc) is 3.43. The van der Waals surface area contributed by atoms with E-state index in [-0.39, 0.29) is 17.2 Å². The second-order valence-electron chi connectivity index (χ2n) is 8.11. The number of fused-ring (bicyclic) bond motifs is 1. The Morgan fingerprint density at radius 3 is 2.77 bits per heavy atom. The number of aryl methyl sites for hydroxylation is 2. The Morgan fingerprint density at radius 1 is 1.26 bits per heavy atom. The number of nitrogens with zero attached hydrogens (tertiary/aromatic N) is 3. The van der Waals surface area contributed by atoms with Gasteiger partial charge < -0.3 is 14.8 Å². The van der Waals surface area contributed by atoms with Gasteiger partial charge in [-0.1, -0.05) is 11.8 Å². The Morgan fingerprint density at radius 2 is 2.03 bits per heavy atom. The Kier molecular flexibility index (Phi) is 8.60. The number of thiophene rings is 2. The molecule has 9 nitrogen and oxygen atoms in total. The van der Waals surface area contributed by atoms with Crippen LogP contribution in [0.15, 0.2) is 21.4 Å². The molecule has 1 aliphatic rings. The summed E-state index contributed by atoms with van der Waals surface area (Å²) in [5, 5.41) is 6.13. The number of hydrogen-bond donors (Lipinski definition) is 1. The van der Waals surface area contributed by atoms with Crippen molar-refractivity contribution in [1.29, 1.82) is 0 Å². The van der Waals surface area contributed by atoms with Gasteiger partial charge in [0, 0.05) is 31.1 Å². The number of anilines is 1.